The number of fused-ring (bicyclic) bond motifs is 3. The first-order chi connectivity index (χ1) is 15.2. The number of ketones is 1. The highest BCUT2D eigenvalue weighted by atomic mass is 19.4. The van der Waals surface area contributed by atoms with Gasteiger partial charge in [0.2, 0.25) is 0 Å². The lowest BCUT2D eigenvalue weighted by atomic mass is 10.0. The van der Waals surface area contributed by atoms with Crippen LogP contribution in [0.3, 0.4) is 0 Å². The minimum atomic E-state index is -4.60. The number of rotatable bonds is 5. The van der Waals surface area contributed by atoms with E-state index < -0.39 is 17.7 Å². The average Bonchev–Trinajstić information content (AvgIpc) is 3.45. The van der Waals surface area contributed by atoms with E-state index in [2.05, 4.69) is 16.9 Å². The van der Waals surface area contributed by atoms with Crippen LogP contribution in [0.5, 0.6) is 5.75 Å². The summed E-state index contributed by atoms with van der Waals surface area (Å²) in [6.07, 6.45) is -0.465. The number of halogens is 3. The SMILES string of the molecule is COc1cc2nn([C@H]3C[C@@H]4C[C@H]3CN4C)cc2cc1CC(=O)c1cccc(C(F)(F)F)n1. The van der Waals surface area contributed by atoms with Gasteiger partial charge in [-0.2, -0.15) is 18.3 Å². The molecule has 2 bridgehead atoms. The van der Waals surface area contributed by atoms with Crippen LogP contribution < -0.4 is 4.74 Å². The predicted molar refractivity (Wildman–Crippen MR) is 112 cm³/mol. The number of ether oxygens (including phenoxy) is 1. The Hall–Kier alpha value is -2.94. The van der Waals surface area contributed by atoms with Crippen LogP contribution in [0.15, 0.2) is 36.5 Å². The molecule has 1 saturated carbocycles. The smallest absolute Gasteiger partial charge is 0.433 e. The number of benzene rings is 1. The molecule has 2 aliphatic rings. The Labute approximate surface area is 183 Å². The molecule has 0 N–H and O–H groups in total. The molecular weight excluding hydrogens is 421 g/mol. The molecule has 1 aliphatic heterocycles. The zero-order valence-electron chi connectivity index (χ0n) is 17.8. The lowest BCUT2D eigenvalue weighted by molar-refractivity contribution is -0.141. The maximum Gasteiger partial charge on any atom is 0.433 e. The predicted octanol–water partition coefficient (Wildman–Crippen LogP) is 4.15. The van der Waals surface area contributed by atoms with Crippen molar-refractivity contribution in [2.45, 2.75) is 37.5 Å². The second-order valence-electron chi connectivity index (χ2n) is 8.73. The second-order valence-corrected chi connectivity index (χ2v) is 8.73. The highest BCUT2D eigenvalue weighted by Gasteiger charge is 2.44. The number of hydrogen-bond donors (Lipinski definition) is 0. The van der Waals surface area contributed by atoms with Gasteiger partial charge in [-0.05, 0) is 44.0 Å². The molecule has 0 amide bonds. The number of alkyl halides is 3. The fourth-order valence-electron chi connectivity index (χ4n) is 5.10. The van der Waals surface area contributed by atoms with Crippen molar-refractivity contribution in [1.29, 1.82) is 0 Å². The second kappa shape index (κ2) is 7.58. The van der Waals surface area contributed by atoms with Crippen molar-refractivity contribution in [1.82, 2.24) is 19.7 Å². The maximum absolute atomic E-state index is 13.0. The molecule has 5 rings (SSSR count). The molecular formula is C23H23F3N4O2. The Morgan fingerprint density at radius 1 is 1.25 bits per heavy atom. The van der Waals surface area contributed by atoms with E-state index >= 15 is 0 Å². The summed E-state index contributed by atoms with van der Waals surface area (Å²) in [4.78, 5) is 18.6. The Bertz CT molecular complexity index is 1190. The fraction of sp³-hybridized carbons (Fsp3) is 0.435. The monoisotopic (exact) mass is 444 g/mol. The molecule has 3 aromatic rings. The number of likely N-dealkylation sites (tertiary alicyclic amines) is 1. The molecule has 0 spiro atoms. The Morgan fingerprint density at radius 2 is 2.06 bits per heavy atom. The Morgan fingerprint density at radius 3 is 2.72 bits per heavy atom. The van der Waals surface area contributed by atoms with Crippen LogP contribution in [0.4, 0.5) is 13.2 Å². The highest BCUT2D eigenvalue weighted by Crippen LogP contribution is 2.44. The topological polar surface area (TPSA) is 60.2 Å². The highest BCUT2D eigenvalue weighted by molar-refractivity contribution is 5.97. The molecule has 1 aliphatic carbocycles. The van der Waals surface area contributed by atoms with E-state index in [4.69, 9.17) is 9.84 Å². The van der Waals surface area contributed by atoms with Crippen molar-refractivity contribution < 1.29 is 22.7 Å². The van der Waals surface area contributed by atoms with Crippen molar-refractivity contribution >= 4 is 16.7 Å². The van der Waals surface area contributed by atoms with Gasteiger partial charge in [-0.1, -0.05) is 6.07 Å². The minimum absolute atomic E-state index is 0.114. The van der Waals surface area contributed by atoms with Gasteiger partial charge in [0, 0.05) is 42.2 Å². The number of pyridine rings is 1. The van der Waals surface area contributed by atoms with E-state index in [1.807, 2.05) is 16.9 Å². The van der Waals surface area contributed by atoms with Gasteiger partial charge in [-0.3, -0.25) is 9.48 Å². The third kappa shape index (κ3) is 3.64. The van der Waals surface area contributed by atoms with Crippen LogP contribution in [0.25, 0.3) is 10.9 Å². The van der Waals surface area contributed by atoms with Crippen LogP contribution in [0.1, 0.15) is 40.6 Å². The van der Waals surface area contributed by atoms with Crippen molar-refractivity contribution in [3.05, 3.63) is 53.5 Å². The summed E-state index contributed by atoms with van der Waals surface area (Å²) in [5.74, 6) is 0.558. The maximum atomic E-state index is 13.0. The molecule has 1 aromatic carbocycles. The lowest BCUT2D eigenvalue weighted by Gasteiger charge is -2.28. The number of carbonyl (C=O) groups is 1. The van der Waals surface area contributed by atoms with Crippen LogP contribution in [-0.4, -0.2) is 52.2 Å². The summed E-state index contributed by atoms with van der Waals surface area (Å²) < 4.78 is 46.3. The molecule has 1 saturated heterocycles. The van der Waals surface area contributed by atoms with Crippen molar-refractivity contribution in [2.75, 3.05) is 20.7 Å². The molecule has 3 atom stereocenters. The van der Waals surface area contributed by atoms with Gasteiger partial charge in [0.25, 0.3) is 0 Å². The van der Waals surface area contributed by atoms with Gasteiger partial charge in [-0.25, -0.2) is 4.98 Å². The van der Waals surface area contributed by atoms with Crippen LogP contribution in [-0.2, 0) is 12.6 Å². The number of Topliss-reactive ketones (excluding diaryl/α,β-unsaturated/α-hetero) is 1. The first kappa shape index (κ1) is 20.9. The quantitative estimate of drug-likeness (QED) is 0.554. The Kier molecular flexibility index (Phi) is 4.96. The fourth-order valence-corrected chi connectivity index (χ4v) is 5.10. The number of piperidine rings is 1. The van der Waals surface area contributed by atoms with E-state index in [-0.39, 0.29) is 12.1 Å². The average molecular weight is 444 g/mol. The van der Waals surface area contributed by atoms with E-state index in [0.29, 0.717) is 29.3 Å². The standard InChI is InChI=1S/C23H23F3N4O2/c1-29-11-15-7-16(29)9-19(15)30-12-14-6-13(21(32-2)10-18(14)28-30)8-20(31)17-4-3-5-22(27-17)23(24,25)26/h3-6,10,12,15-16,19H,7-9,11H2,1-2H3/t15-,16-,19-/m0/s1. The summed E-state index contributed by atoms with van der Waals surface area (Å²) in [5, 5.41) is 5.64. The summed E-state index contributed by atoms with van der Waals surface area (Å²) in [6.45, 7) is 1.07. The largest absolute Gasteiger partial charge is 0.496 e. The van der Waals surface area contributed by atoms with Crippen molar-refractivity contribution in [3.8, 4) is 5.75 Å². The van der Waals surface area contributed by atoms with Gasteiger partial charge in [0.1, 0.15) is 17.1 Å². The molecule has 0 unspecified atom stereocenters. The lowest BCUT2D eigenvalue weighted by Crippen LogP contribution is -2.33. The summed E-state index contributed by atoms with van der Waals surface area (Å²) in [5.41, 5.74) is 0.0649. The number of carbonyl (C=O) groups excluding carboxylic acids is 1. The van der Waals surface area contributed by atoms with Gasteiger partial charge in [0.15, 0.2) is 5.78 Å². The van der Waals surface area contributed by atoms with Crippen LogP contribution in [0.2, 0.25) is 0 Å². The van der Waals surface area contributed by atoms with Gasteiger partial charge in [-0.15, -0.1) is 0 Å². The molecule has 2 fully saturated rings. The molecule has 168 valence electrons. The first-order valence-electron chi connectivity index (χ1n) is 10.6. The van der Waals surface area contributed by atoms with Gasteiger partial charge >= 0.3 is 6.18 Å². The number of aromatic nitrogens is 3. The molecule has 0 radical (unpaired) electrons. The zero-order valence-corrected chi connectivity index (χ0v) is 17.8. The number of methoxy groups -OCH3 is 1. The third-order valence-corrected chi connectivity index (χ3v) is 6.72. The summed E-state index contributed by atoms with van der Waals surface area (Å²) >= 11 is 0. The van der Waals surface area contributed by atoms with Crippen molar-refractivity contribution in [2.24, 2.45) is 5.92 Å². The summed E-state index contributed by atoms with van der Waals surface area (Å²) in [6, 6.07) is 7.92. The van der Waals surface area contributed by atoms with E-state index in [1.54, 1.807) is 6.07 Å². The van der Waals surface area contributed by atoms with Crippen molar-refractivity contribution in [3.63, 3.8) is 0 Å². The number of nitrogens with zero attached hydrogens (tertiary/aromatic N) is 4. The van der Waals surface area contributed by atoms with Gasteiger partial charge < -0.3 is 9.64 Å². The third-order valence-electron chi connectivity index (χ3n) is 6.72. The number of hydrogen-bond acceptors (Lipinski definition) is 5. The first-order valence-corrected chi connectivity index (χ1v) is 10.6. The van der Waals surface area contributed by atoms with E-state index in [9.17, 15) is 18.0 Å². The molecule has 3 heterocycles. The van der Waals surface area contributed by atoms with E-state index in [1.165, 1.54) is 25.7 Å². The zero-order chi connectivity index (χ0) is 22.6. The molecule has 32 heavy (non-hydrogen) atoms. The normalized spacial score (nSPS) is 23.2. The van der Waals surface area contributed by atoms with Crippen LogP contribution >= 0.6 is 0 Å². The Balaban J connectivity index is 1.42. The molecule has 6 nitrogen and oxygen atoms in total. The molecule has 2 aromatic heterocycles. The van der Waals surface area contributed by atoms with Gasteiger partial charge in [0.05, 0.1) is 18.7 Å². The van der Waals surface area contributed by atoms with Crippen LogP contribution in [0, 0.1) is 5.92 Å². The minimum Gasteiger partial charge on any atom is -0.496 e. The molecule has 9 heteroatoms. The van der Waals surface area contributed by atoms with E-state index in [0.717, 1.165) is 29.9 Å². The summed E-state index contributed by atoms with van der Waals surface area (Å²) in [7, 11) is 3.66.